The second-order valence-electron chi connectivity index (χ2n) is 5.37. The van der Waals surface area contributed by atoms with Crippen molar-refractivity contribution in [3.05, 3.63) is 33.8 Å². The number of benzene rings is 1. The Hall–Kier alpha value is -0.870. The maximum absolute atomic E-state index is 12.6. The van der Waals surface area contributed by atoms with E-state index < -0.39 is 0 Å². The van der Waals surface area contributed by atoms with Crippen LogP contribution in [0.5, 0.6) is 0 Å². The van der Waals surface area contributed by atoms with Crippen molar-refractivity contribution in [2.45, 2.75) is 39.2 Å². The SMILES string of the molecule is CCCOC1CCCN(C(=O)c2ccc(C)cc2Br)C1. The minimum absolute atomic E-state index is 0.0988. The van der Waals surface area contributed by atoms with E-state index in [0.29, 0.717) is 6.54 Å². The first-order valence-corrected chi connectivity index (χ1v) is 8.08. The zero-order chi connectivity index (χ0) is 14.5. The Morgan fingerprint density at radius 1 is 1.50 bits per heavy atom. The highest BCUT2D eigenvalue weighted by Crippen LogP contribution is 2.22. The van der Waals surface area contributed by atoms with E-state index in [-0.39, 0.29) is 12.0 Å². The second kappa shape index (κ2) is 7.23. The number of aryl methyl sites for hydroxylation is 1. The van der Waals surface area contributed by atoms with Crippen LogP contribution in [0, 0.1) is 6.92 Å². The molecule has 1 unspecified atom stereocenters. The van der Waals surface area contributed by atoms with Crippen molar-refractivity contribution >= 4 is 21.8 Å². The number of hydrogen-bond donors (Lipinski definition) is 0. The van der Waals surface area contributed by atoms with Gasteiger partial charge in [-0.1, -0.05) is 13.0 Å². The van der Waals surface area contributed by atoms with E-state index in [4.69, 9.17) is 4.74 Å². The van der Waals surface area contributed by atoms with Crippen molar-refractivity contribution in [3.63, 3.8) is 0 Å². The quantitative estimate of drug-likeness (QED) is 0.835. The number of halogens is 1. The average Bonchev–Trinajstić information content (AvgIpc) is 2.45. The minimum atomic E-state index is 0.0988. The molecule has 0 aromatic heterocycles. The van der Waals surface area contributed by atoms with Gasteiger partial charge in [-0.15, -0.1) is 0 Å². The molecular formula is C16H22BrNO2. The van der Waals surface area contributed by atoms with Gasteiger partial charge < -0.3 is 9.64 Å². The molecule has 0 radical (unpaired) electrons. The normalized spacial score (nSPS) is 19.1. The number of piperidine rings is 1. The molecule has 1 fully saturated rings. The molecule has 1 saturated heterocycles. The van der Waals surface area contributed by atoms with Crippen LogP contribution in [0.15, 0.2) is 22.7 Å². The van der Waals surface area contributed by atoms with Gasteiger partial charge >= 0.3 is 0 Å². The summed E-state index contributed by atoms with van der Waals surface area (Å²) in [4.78, 5) is 14.5. The van der Waals surface area contributed by atoms with Crippen LogP contribution < -0.4 is 0 Å². The van der Waals surface area contributed by atoms with Crippen molar-refractivity contribution in [1.29, 1.82) is 0 Å². The summed E-state index contributed by atoms with van der Waals surface area (Å²) in [5.74, 6) is 0.0988. The largest absolute Gasteiger partial charge is 0.376 e. The number of ether oxygens (including phenoxy) is 1. The van der Waals surface area contributed by atoms with Gasteiger partial charge in [0.25, 0.3) is 5.91 Å². The Morgan fingerprint density at radius 3 is 3.00 bits per heavy atom. The lowest BCUT2D eigenvalue weighted by atomic mass is 10.1. The predicted molar refractivity (Wildman–Crippen MR) is 84.0 cm³/mol. The van der Waals surface area contributed by atoms with Crippen molar-refractivity contribution in [2.75, 3.05) is 19.7 Å². The minimum Gasteiger partial charge on any atom is -0.376 e. The summed E-state index contributed by atoms with van der Waals surface area (Å²) in [7, 11) is 0. The van der Waals surface area contributed by atoms with Crippen molar-refractivity contribution < 1.29 is 9.53 Å². The molecular weight excluding hydrogens is 318 g/mol. The number of rotatable bonds is 4. The lowest BCUT2D eigenvalue weighted by Crippen LogP contribution is -2.43. The van der Waals surface area contributed by atoms with Gasteiger partial charge in [0.15, 0.2) is 0 Å². The first-order valence-electron chi connectivity index (χ1n) is 7.29. The third kappa shape index (κ3) is 3.83. The molecule has 1 aromatic carbocycles. The second-order valence-corrected chi connectivity index (χ2v) is 6.22. The van der Waals surface area contributed by atoms with Gasteiger partial charge in [0.1, 0.15) is 0 Å². The van der Waals surface area contributed by atoms with E-state index in [1.807, 2.05) is 30.0 Å². The van der Waals surface area contributed by atoms with Gasteiger partial charge in [-0.05, 0) is 59.8 Å². The number of carbonyl (C=O) groups is 1. The summed E-state index contributed by atoms with van der Waals surface area (Å²) in [6, 6.07) is 5.87. The fourth-order valence-corrected chi connectivity index (χ4v) is 3.17. The van der Waals surface area contributed by atoms with Gasteiger partial charge in [0, 0.05) is 24.2 Å². The van der Waals surface area contributed by atoms with E-state index in [1.54, 1.807) is 0 Å². The molecule has 1 aromatic rings. The molecule has 0 N–H and O–H groups in total. The molecule has 0 spiro atoms. The summed E-state index contributed by atoms with van der Waals surface area (Å²) >= 11 is 3.49. The standard InChI is InChI=1S/C16H22BrNO2/c1-3-9-20-13-5-4-8-18(11-13)16(19)14-7-6-12(2)10-15(14)17/h6-7,10,13H,3-5,8-9,11H2,1-2H3. The number of amides is 1. The molecule has 1 amide bonds. The Bertz CT molecular complexity index is 476. The smallest absolute Gasteiger partial charge is 0.255 e. The lowest BCUT2D eigenvalue weighted by molar-refractivity contribution is 0.00208. The zero-order valence-corrected chi connectivity index (χ0v) is 13.8. The van der Waals surface area contributed by atoms with E-state index in [1.165, 1.54) is 0 Å². The molecule has 1 aliphatic heterocycles. The van der Waals surface area contributed by atoms with E-state index >= 15 is 0 Å². The summed E-state index contributed by atoms with van der Waals surface area (Å²) in [5.41, 5.74) is 1.89. The van der Waals surface area contributed by atoms with Crippen LogP contribution in [0.25, 0.3) is 0 Å². The summed E-state index contributed by atoms with van der Waals surface area (Å²) in [5, 5.41) is 0. The Kier molecular flexibility index (Phi) is 5.61. The zero-order valence-electron chi connectivity index (χ0n) is 12.2. The topological polar surface area (TPSA) is 29.5 Å². The fourth-order valence-electron chi connectivity index (χ4n) is 2.51. The summed E-state index contributed by atoms with van der Waals surface area (Å²) in [6.07, 6.45) is 3.29. The lowest BCUT2D eigenvalue weighted by Gasteiger charge is -2.33. The van der Waals surface area contributed by atoms with Crippen LogP contribution in [-0.2, 0) is 4.74 Å². The first-order chi connectivity index (χ1) is 9.61. The molecule has 4 heteroatoms. The average molecular weight is 340 g/mol. The molecule has 1 atom stereocenters. The fraction of sp³-hybridized carbons (Fsp3) is 0.562. The molecule has 20 heavy (non-hydrogen) atoms. The molecule has 0 aliphatic carbocycles. The van der Waals surface area contributed by atoms with E-state index in [0.717, 1.165) is 48.0 Å². The highest BCUT2D eigenvalue weighted by Gasteiger charge is 2.25. The van der Waals surface area contributed by atoms with Crippen molar-refractivity contribution in [2.24, 2.45) is 0 Å². The van der Waals surface area contributed by atoms with Gasteiger partial charge in [0.2, 0.25) is 0 Å². The Labute approximate surface area is 129 Å². The monoisotopic (exact) mass is 339 g/mol. The van der Waals surface area contributed by atoms with E-state index in [2.05, 4.69) is 22.9 Å². The number of likely N-dealkylation sites (tertiary alicyclic amines) is 1. The number of hydrogen-bond acceptors (Lipinski definition) is 2. The third-order valence-corrected chi connectivity index (χ3v) is 4.23. The molecule has 1 aliphatic rings. The highest BCUT2D eigenvalue weighted by atomic mass is 79.9. The Morgan fingerprint density at radius 2 is 2.30 bits per heavy atom. The molecule has 2 rings (SSSR count). The van der Waals surface area contributed by atoms with Crippen LogP contribution in [0.2, 0.25) is 0 Å². The summed E-state index contributed by atoms with van der Waals surface area (Å²) in [6.45, 7) is 6.44. The molecule has 0 saturated carbocycles. The van der Waals surface area contributed by atoms with Gasteiger partial charge in [0.05, 0.1) is 11.7 Å². The molecule has 0 bridgehead atoms. The predicted octanol–water partition coefficient (Wildman–Crippen LogP) is 3.79. The van der Waals surface area contributed by atoms with Crippen LogP contribution in [0.4, 0.5) is 0 Å². The van der Waals surface area contributed by atoms with Crippen LogP contribution in [0.3, 0.4) is 0 Å². The Balaban J connectivity index is 2.04. The maximum atomic E-state index is 12.6. The van der Waals surface area contributed by atoms with Gasteiger partial charge in [-0.2, -0.15) is 0 Å². The number of carbonyl (C=O) groups excluding carboxylic acids is 1. The molecule has 110 valence electrons. The van der Waals surface area contributed by atoms with Gasteiger partial charge in [-0.25, -0.2) is 0 Å². The van der Waals surface area contributed by atoms with Crippen molar-refractivity contribution in [1.82, 2.24) is 4.90 Å². The van der Waals surface area contributed by atoms with Crippen molar-refractivity contribution in [3.8, 4) is 0 Å². The van der Waals surface area contributed by atoms with Crippen LogP contribution in [-0.4, -0.2) is 36.6 Å². The third-order valence-electron chi connectivity index (χ3n) is 3.58. The van der Waals surface area contributed by atoms with Crippen LogP contribution >= 0.6 is 15.9 Å². The van der Waals surface area contributed by atoms with Crippen LogP contribution in [0.1, 0.15) is 42.1 Å². The maximum Gasteiger partial charge on any atom is 0.255 e. The van der Waals surface area contributed by atoms with Gasteiger partial charge in [-0.3, -0.25) is 4.79 Å². The van der Waals surface area contributed by atoms with E-state index in [9.17, 15) is 4.79 Å². The highest BCUT2D eigenvalue weighted by molar-refractivity contribution is 9.10. The molecule has 3 nitrogen and oxygen atoms in total. The summed E-state index contributed by atoms with van der Waals surface area (Å²) < 4.78 is 6.67. The molecule has 1 heterocycles. The first kappa shape index (κ1) is 15.5. The number of nitrogens with zero attached hydrogens (tertiary/aromatic N) is 1.